The summed E-state index contributed by atoms with van der Waals surface area (Å²) in [5, 5.41) is 7.30. The van der Waals surface area contributed by atoms with Gasteiger partial charge in [-0.15, -0.1) is 0 Å². The molecule has 0 spiro atoms. The second kappa shape index (κ2) is 4.56. The van der Waals surface area contributed by atoms with Crippen LogP contribution in [0.4, 0.5) is 5.69 Å². The molecule has 0 radical (unpaired) electrons. The van der Waals surface area contributed by atoms with E-state index < -0.39 is 0 Å². The molecule has 2 aromatic rings. The van der Waals surface area contributed by atoms with Crippen LogP contribution in [0.25, 0.3) is 0 Å². The van der Waals surface area contributed by atoms with Crippen molar-refractivity contribution in [3.63, 3.8) is 0 Å². The van der Waals surface area contributed by atoms with E-state index in [0.29, 0.717) is 19.8 Å². The zero-order valence-corrected chi connectivity index (χ0v) is 10.1. The molecule has 6 nitrogen and oxygen atoms in total. The van der Waals surface area contributed by atoms with Crippen molar-refractivity contribution < 1.29 is 9.47 Å². The normalized spacial score (nSPS) is 13.4. The number of benzene rings is 1. The molecule has 0 saturated heterocycles. The third-order valence-electron chi connectivity index (χ3n) is 2.80. The number of nitrogens with zero attached hydrogens (tertiary/aromatic N) is 3. The molecule has 0 amide bonds. The van der Waals surface area contributed by atoms with Crippen LogP contribution in [0.2, 0.25) is 0 Å². The Morgan fingerprint density at radius 2 is 2.11 bits per heavy atom. The van der Waals surface area contributed by atoms with Crippen LogP contribution < -0.4 is 14.8 Å². The van der Waals surface area contributed by atoms with Crippen molar-refractivity contribution in [3.05, 3.63) is 30.4 Å². The van der Waals surface area contributed by atoms with Crippen molar-refractivity contribution in [2.45, 2.75) is 6.54 Å². The molecule has 2 heterocycles. The van der Waals surface area contributed by atoms with Gasteiger partial charge in [-0.1, -0.05) is 0 Å². The van der Waals surface area contributed by atoms with Crippen LogP contribution in [0.3, 0.4) is 0 Å². The van der Waals surface area contributed by atoms with E-state index in [2.05, 4.69) is 15.4 Å². The van der Waals surface area contributed by atoms with Gasteiger partial charge in [0, 0.05) is 18.8 Å². The Balaban J connectivity index is 1.71. The van der Waals surface area contributed by atoms with E-state index in [1.54, 1.807) is 11.0 Å². The SMILES string of the molecule is Cn1ncnc1CNc1ccc2c(c1)OCCO2. The Hall–Kier alpha value is -2.24. The number of aryl methyl sites for hydroxylation is 1. The third-order valence-corrected chi connectivity index (χ3v) is 2.80. The van der Waals surface area contributed by atoms with Crippen molar-refractivity contribution in [2.24, 2.45) is 7.05 Å². The highest BCUT2D eigenvalue weighted by Gasteiger charge is 2.11. The number of anilines is 1. The fraction of sp³-hybridized carbons (Fsp3) is 0.333. The molecule has 3 rings (SSSR count). The number of aromatic nitrogens is 3. The van der Waals surface area contributed by atoms with Crippen molar-refractivity contribution in [3.8, 4) is 11.5 Å². The molecule has 1 aliphatic heterocycles. The van der Waals surface area contributed by atoms with E-state index in [-0.39, 0.29) is 0 Å². The second-order valence-corrected chi connectivity index (χ2v) is 4.01. The van der Waals surface area contributed by atoms with Gasteiger partial charge in [-0.3, -0.25) is 4.68 Å². The number of fused-ring (bicyclic) bond motifs is 1. The van der Waals surface area contributed by atoms with Gasteiger partial charge in [-0.2, -0.15) is 5.10 Å². The summed E-state index contributed by atoms with van der Waals surface area (Å²) in [6.07, 6.45) is 1.54. The number of rotatable bonds is 3. The molecule has 0 atom stereocenters. The van der Waals surface area contributed by atoms with Gasteiger partial charge < -0.3 is 14.8 Å². The number of hydrogen-bond donors (Lipinski definition) is 1. The summed E-state index contributed by atoms with van der Waals surface area (Å²) in [6.45, 7) is 1.83. The zero-order valence-electron chi connectivity index (χ0n) is 10.1. The highest BCUT2D eigenvalue weighted by molar-refractivity contribution is 5.55. The summed E-state index contributed by atoms with van der Waals surface area (Å²) in [5.41, 5.74) is 0.974. The number of nitrogens with one attached hydrogen (secondary N) is 1. The van der Waals surface area contributed by atoms with E-state index in [1.807, 2.05) is 25.2 Å². The van der Waals surface area contributed by atoms with Gasteiger partial charge in [-0.05, 0) is 12.1 Å². The summed E-state index contributed by atoms with van der Waals surface area (Å²) in [5.74, 6) is 2.46. The van der Waals surface area contributed by atoms with Crippen LogP contribution in [0.15, 0.2) is 24.5 Å². The first-order chi connectivity index (χ1) is 8.83. The first-order valence-electron chi connectivity index (χ1n) is 5.79. The maximum atomic E-state index is 5.53. The largest absolute Gasteiger partial charge is 0.486 e. The van der Waals surface area contributed by atoms with E-state index in [4.69, 9.17) is 9.47 Å². The lowest BCUT2D eigenvalue weighted by molar-refractivity contribution is 0.171. The fourth-order valence-corrected chi connectivity index (χ4v) is 1.81. The van der Waals surface area contributed by atoms with Gasteiger partial charge >= 0.3 is 0 Å². The Bertz CT molecular complexity index is 553. The minimum Gasteiger partial charge on any atom is -0.486 e. The fourth-order valence-electron chi connectivity index (χ4n) is 1.81. The van der Waals surface area contributed by atoms with Crippen LogP contribution in [0.5, 0.6) is 11.5 Å². The maximum Gasteiger partial charge on any atom is 0.163 e. The monoisotopic (exact) mass is 246 g/mol. The minimum absolute atomic E-state index is 0.597. The molecule has 0 unspecified atom stereocenters. The van der Waals surface area contributed by atoms with Gasteiger partial charge in [0.2, 0.25) is 0 Å². The predicted molar refractivity (Wildman–Crippen MR) is 65.8 cm³/mol. The van der Waals surface area contributed by atoms with Crippen LogP contribution in [-0.4, -0.2) is 28.0 Å². The molecule has 0 bridgehead atoms. The van der Waals surface area contributed by atoms with Gasteiger partial charge in [0.15, 0.2) is 11.5 Å². The van der Waals surface area contributed by atoms with Gasteiger partial charge in [-0.25, -0.2) is 4.98 Å². The predicted octanol–water partition coefficient (Wildman–Crippen LogP) is 1.20. The number of ether oxygens (including phenoxy) is 2. The van der Waals surface area contributed by atoms with Gasteiger partial charge in [0.1, 0.15) is 25.4 Å². The first-order valence-corrected chi connectivity index (χ1v) is 5.79. The average Bonchev–Trinajstić information content (AvgIpc) is 2.82. The molecule has 1 N–H and O–H groups in total. The molecular formula is C12H14N4O2. The Labute approximate surface area is 105 Å². The second-order valence-electron chi connectivity index (χ2n) is 4.01. The summed E-state index contributed by atoms with van der Waals surface area (Å²) in [6, 6.07) is 5.81. The highest BCUT2D eigenvalue weighted by atomic mass is 16.6. The standard InChI is InChI=1S/C12H14N4O2/c1-16-12(14-8-15-16)7-13-9-2-3-10-11(6-9)18-5-4-17-10/h2-3,6,8,13H,4-5,7H2,1H3. The lowest BCUT2D eigenvalue weighted by Crippen LogP contribution is -2.15. The van der Waals surface area contributed by atoms with Gasteiger partial charge in [0.25, 0.3) is 0 Å². The van der Waals surface area contributed by atoms with Crippen LogP contribution in [0.1, 0.15) is 5.82 Å². The van der Waals surface area contributed by atoms with Crippen LogP contribution >= 0.6 is 0 Å². The average molecular weight is 246 g/mol. The van der Waals surface area contributed by atoms with E-state index in [9.17, 15) is 0 Å². The molecule has 1 aromatic heterocycles. The summed E-state index contributed by atoms with van der Waals surface area (Å²) < 4.78 is 12.7. The van der Waals surface area contributed by atoms with Crippen molar-refractivity contribution in [2.75, 3.05) is 18.5 Å². The van der Waals surface area contributed by atoms with E-state index >= 15 is 0 Å². The molecule has 1 aliphatic rings. The van der Waals surface area contributed by atoms with E-state index in [1.165, 1.54) is 0 Å². The topological polar surface area (TPSA) is 61.2 Å². The lowest BCUT2D eigenvalue weighted by Gasteiger charge is -2.19. The molecular weight excluding hydrogens is 232 g/mol. The minimum atomic E-state index is 0.597. The smallest absolute Gasteiger partial charge is 0.163 e. The molecule has 6 heteroatoms. The Morgan fingerprint density at radius 3 is 2.89 bits per heavy atom. The molecule has 0 fully saturated rings. The quantitative estimate of drug-likeness (QED) is 0.881. The van der Waals surface area contributed by atoms with Gasteiger partial charge in [0.05, 0.1) is 6.54 Å². The molecule has 94 valence electrons. The third kappa shape index (κ3) is 2.09. The Morgan fingerprint density at radius 1 is 1.28 bits per heavy atom. The van der Waals surface area contributed by atoms with Crippen LogP contribution in [-0.2, 0) is 13.6 Å². The molecule has 0 saturated carbocycles. The molecule has 0 aliphatic carbocycles. The first kappa shape index (κ1) is 10.9. The van der Waals surface area contributed by atoms with Crippen molar-refractivity contribution in [1.82, 2.24) is 14.8 Å². The summed E-state index contributed by atoms with van der Waals surface area (Å²) in [7, 11) is 1.87. The summed E-state index contributed by atoms with van der Waals surface area (Å²) >= 11 is 0. The number of hydrogen-bond acceptors (Lipinski definition) is 5. The molecule has 18 heavy (non-hydrogen) atoms. The molecule has 1 aromatic carbocycles. The lowest BCUT2D eigenvalue weighted by atomic mass is 10.2. The van der Waals surface area contributed by atoms with Crippen molar-refractivity contribution >= 4 is 5.69 Å². The summed E-state index contributed by atoms with van der Waals surface area (Å²) in [4.78, 5) is 4.15. The maximum absolute atomic E-state index is 5.53. The zero-order chi connectivity index (χ0) is 12.4. The van der Waals surface area contributed by atoms with Crippen molar-refractivity contribution in [1.29, 1.82) is 0 Å². The Kier molecular flexibility index (Phi) is 2.76. The highest BCUT2D eigenvalue weighted by Crippen LogP contribution is 2.32. The van der Waals surface area contributed by atoms with E-state index in [0.717, 1.165) is 23.0 Å². The van der Waals surface area contributed by atoms with Crippen LogP contribution in [0, 0.1) is 0 Å².